The maximum atomic E-state index is 14.1. The number of rotatable bonds is 5. The van der Waals surface area contributed by atoms with E-state index in [1.807, 2.05) is 30.3 Å². The molecule has 0 saturated heterocycles. The van der Waals surface area contributed by atoms with Gasteiger partial charge in [-0.1, -0.05) is 25.3 Å². The van der Waals surface area contributed by atoms with Crippen molar-refractivity contribution in [2.75, 3.05) is 17.4 Å². The molecular weight excluding hydrogens is 431 g/mol. The van der Waals surface area contributed by atoms with E-state index in [1.54, 1.807) is 23.9 Å². The van der Waals surface area contributed by atoms with Gasteiger partial charge < -0.3 is 16.8 Å². The topological polar surface area (TPSA) is 135 Å². The molecule has 1 aliphatic rings. The van der Waals surface area contributed by atoms with Gasteiger partial charge in [0.15, 0.2) is 0 Å². The number of nitrogens with zero attached hydrogens (tertiary/aromatic N) is 4. The Morgan fingerprint density at radius 2 is 1.85 bits per heavy atom. The summed E-state index contributed by atoms with van der Waals surface area (Å²) in [6.45, 7) is 0. The zero-order valence-electron chi connectivity index (χ0n) is 19.3. The van der Waals surface area contributed by atoms with Gasteiger partial charge in [0.2, 0.25) is 0 Å². The number of nitriles is 1. The molecule has 0 atom stereocenters. The molecule has 0 amide bonds. The highest BCUT2D eigenvalue weighted by Crippen LogP contribution is 2.28. The molecule has 0 aliphatic heterocycles. The monoisotopic (exact) mass is 462 g/mol. The van der Waals surface area contributed by atoms with Crippen molar-refractivity contribution in [1.82, 2.24) is 9.78 Å². The molecule has 178 valence electrons. The fourth-order valence-corrected chi connectivity index (χ4v) is 3.75. The number of hydrogen-bond acceptors (Lipinski definition) is 7. The summed E-state index contributed by atoms with van der Waals surface area (Å²) in [5.74, 6) is 5.91. The van der Waals surface area contributed by atoms with Gasteiger partial charge in [0.05, 0.1) is 22.6 Å². The lowest BCUT2D eigenvalue weighted by molar-refractivity contribution is 0.441. The first kappa shape index (κ1) is 24.8. The second-order valence-electron chi connectivity index (χ2n) is 8.05. The van der Waals surface area contributed by atoms with E-state index in [1.165, 1.54) is 61.6 Å². The van der Waals surface area contributed by atoms with Crippen LogP contribution in [0.2, 0.25) is 0 Å². The van der Waals surface area contributed by atoms with Gasteiger partial charge in [-0.05, 0) is 49.2 Å². The lowest BCUT2D eigenvalue weighted by atomic mass is 9.97. The van der Waals surface area contributed by atoms with E-state index in [9.17, 15) is 4.39 Å². The van der Waals surface area contributed by atoms with Crippen LogP contribution in [-0.2, 0) is 0 Å². The minimum Gasteiger partial charge on any atom is -0.403 e. The molecule has 2 aromatic carbocycles. The van der Waals surface area contributed by atoms with E-state index in [-0.39, 0.29) is 5.56 Å². The Balaban J connectivity index is 0.000000396. The van der Waals surface area contributed by atoms with Crippen LogP contribution >= 0.6 is 0 Å². The number of benzene rings is 2. The predicted octanol–water partition coefficient (Wildman–Crippen LogP) is 3.98. The van der Waals surface area contributed by atoms with Crippen molar-refractivity contribution >= 4 is 11.5 Å². The average Bonchev–Trinajstić information content (AvgIpc) is 3.30. The lowest BCUT2D eigenvalue weighted by Gasteiger charge is -2.15. The Labute approximate surface area is 199 Å². The van der Waals surface area contributed by atoms with Gasteiger partial charge in [0, 0.05) is 37.1 Å². The summed E-state index contributed by atoms with van der Waals surface area (Å²) in [5.41, 5.74) is 13.8. The molecule has 0 bridgehead atoms. The first-order valence-electron chi connectivity index (χ1n) is 11.2. The van der Waals surface area contributed by atoms with Crippen LogP contribution in [0.5, 0.6) is 0 Å². The van der Waals surface area contributed by atoms with Gasteiger partial charge >= 0.3 is 0 Å². The first-order valence-corrected chi connectivity index (χ1v) is 11.2. The minimum absolute atomic E-state index is 0.000922. The third-order valence-electron chi connectivity index (χ3n) is 5.64. The van der Waals surface area contributed by atoms with E-state index in [0.29, 0.717) is 23.1 Å². The SMILES string of the molecule is CNc1cc(-c2ccc(C#N)c(F)c2)n(-c2ccc(N(N)/C=C\N)cc2)n1.NC1CCCCC1. The molecule has 1 aliphatic carbocycles. The Bertz CT molecular complexity index is 1140. The van der Waals surface area contributed by atoms with Gasteiger partial charge in [-0.25, -0.2) is 14.9 Å². The van der Waals surface area contributed by atoms with Crippen molar-refractivity contribution in [3.8, 4) is 23.0 Å². The summed E-state index contributed by atoms with van der Waals surface area (Å²) in [4.78, 5) is 0. The second-order valence-corrected chi connectivity index (χ2v) is 8.05. The molecule has 8 nitrogen and oxygen atoms in total. The fraction of sp³-hybridized carbons (Fsp3) is 0.280. The van der Waals surface area contributed by atoms with Crippen molar-refractivity contribution in [3.05, 3.63) is 72.3 Å². The third-order valence-corrected chi connectivity index (χ3v) is 5.64. The van der Waals surface area contributed by atoms with Gasteiger partial charge in [-0.2, -0.15) is 5.26 Å². The van der Waals surface area contributed by atoms with Crippen LogP contribution in [0.3, 0.4) is 0 Å². The Morgan fingerprint density at radius 1 is 1.15 bits per heavy atom. The van der Waals surface area contributed by atoms with Crippen LogP contribution in [0.4, 0.5) is 15.9 Å². The maximum Gasteiger partial charge on any atom is 0.148 e. The summed E-state index contributed by atoms with van der Waals surface area (Å²) < 4.78 is 15.8. The molecule has 0 spiro atoms. The van der Waals surface area contributed by atoms with Crippen LogP contribution in [0, 0.1) is 17.1 Å². The Morgan fingerprint density at radius 3 is 2.38 bits per heavy atom. The molecule has 34 heavy (non-hydrogen) atoms. The van der Waals surface area contributed by atoms with E-state index in [4.69, 9.17) is 22.6 Å². The van der Waals surface area contributed by atoms with Gasteiger partial charge in [-0.15, -0.1) is 5.10 Å². The molecular formula is C25H31FN8. The zero-order chi connectivity index (χ0) is 24.5. The molecule has 1 aromatic heterocycles. The van der Waals surface area contributed by atoms with Gasteiger partial charge in [0.1, 0.15) is 17.7 Å². The largest absolute Gasteiger partial charge is 0.403 e. The molecule has 4 rings (SSSR count). The number of hydrazine groups is 1. The van der Waals surface area contributed by atoms with Crippen LogP contribution in [0.1, 0.15) is 37.7 Å². The number of anilines is 2. The normalized spacial score (nSPS) is 13.7. The Kier molecular flexibility index (Phi) is 8.62. The predicted molar refractivity (Wildman–Crippen MR) is 134 cm³/mol. The van der Waals surface area contributed by atoms with Crippen molar-refractivity contribution in [2.45, 2.75) is 38.1 Å². The highest BCUT2D eigenvalue weighted by atomic mass is 19.1. The van der Waals surface area contributed by atoms with E-state index >= 15 is 0 Å². The van der Waals surface area contributed by atoms with Crippen LogP contribution < -0.4 is 27.6 Å². The van der Waals surface area contributed by atoms with E-state index in [0.717, 1.165) is 11.4 Å². The second kappa shape index (κ2) is 11.8. The maximum absolute atomic E-state index is 14.1. The first-order chi connectivity index (χ1) is 16.5. The summed E-state index contributed by atoms with van der Waals surface area (Å²) >= 11 is 0. The van der Waals surface area contributed by atoms with Crippen LogP contribution in [-0.4, -0.2) is 22.9 Å². The van der Waals surface area contributed by atoms with Crippen LogP contribution in [0.15, 0.2) is 60.9 Å². The van der Waals surface area contributed by atoms with E-state index in [2.05, 4.69) is 10.4 Å². The Hall–Kier alpha value is -3.87. The van der Waals surface area contributed by atoms with Crippen LogP contribution in [0.25, 0.3) is 16.9 Å². The number of hydrogen-bond donors (Lipinski definition) is 4. The molecule has 9 heteroatoms. The van der Waals surface area contributed by atoms with Crippen molar-refractivity contribution in [3.63, 3.8) is 0 Å². The molecule has 3 aromatic rings. The highest BCUT2D eigenvalue weighted by Gasteiger charge is 2.14. The van der Waals surface area contributed by atoms with Crippen molar-refractivity contribution in [2.24, 2.45) is 17.3 Å². The van der Waals surface area contributed by atoms with Gasteiger partial charge in [-0.3, -0.25) is 5.01 Å². The fourth-order valence-electron chi connectivity index (χ4n) is 3.75. The smallest absolute Gasteiger partial charge is 0.148 e. The average molecular weight is 463 g/mol. The summed E-state index contributed by atoms with van der Waals surface area (Å²) in [6, 6.07) is 16.0. The van der Waals surface area contributed by atoms with Gasteiger partial charge in [0.25, 0.3) is 0 Å². The highest BCUT2D eigenvalue weighted by molar-refractivity contribution is 5.67. The lowest BCUT2D eigenvalue weighted by Crippen LogP contribution is -2.24. The summed E-state index contributed by atoms with van der Waals surface area (Å²) in [6.07, 6.45) is 9.54. The van der Waals surface area contributed by atoms with E-state index < -0.39 is 5.82 Å². The minimum atomic E-state index is -0.573. The van der Waals surface area contributed by atoms with Crippen molar-refractivity contribution < 1.29 is 4.39 Å². The zero-order valence-corrected chi connectivity index (χ0v) is 19.3. The quantitative estimate of drug-likeness (QED) is 0.333. The number of aromatic nitrogens is 2. The molecule has 7 N–H and O–H groups in total. The molecule has 0 radical (unpaired) electrons. The molecule has 1 heterocycles. The molecule has 1 saturated carbocycles. The molecule has 0 unspecified atom stereocenters. The van der Waals surface area contributed by atoms with Crippen molar-refractivity contribution in [1.29, 1.82) is 5.26 Å². The summed E-state index contributed by atoms with van der Waals surface area (Å²) in [5, 5.41) is 17.8. The summed E-state index contributed by atoms with van der Waals surface area (Å²) in [7, 11) is 1.75. The number of halogens is 1. The molecule has 1 fully saturated rings. The third kappa shape index (κ3) is 6.13. The standard InChI is InChI=1S/C19H18FN7.C6H13N/c1-24-19-11-18(13-2-3-14(12-22)17(20)10-13)27(25-19)16-6-4-15(5-7-16)26(23)9-8-21;7-6-4-2-1-3-5-6/h2-11H,21,23H2,1H3,(H,24,25);6H,1-5,7H2/b9-8-;. The number of nitrogens with one attached hydrogen (secondary N) is 1. The number of nitrogens with two attached hydrogens (primary N) is 3.